The zero-order valence-electron chi connectivity index (χ0n) is 10.9. The Bertz CT molecular complexity index is 724. The lowest BCUT2D eigenvalue weighted by atomic mass is 10.2. The molecule has 0 unspecified atom stereocenters. The molecule has 0 spiro atoms. The van der Waals surface area contributed by atoms with Crippen LogP contribution in [0.5, 0.6) is 5.75 Å². The van der Waals surface area contributed by atoms with Gasteiger partial charge in [0.25, 0.3) is 0 Å². The molecule has 3 nitrogen and oxygen atoms in total. The van der Waals surface area contributed by atoms with Crippen molar-refractivity contribution < 1.29 is 4.74 Å². The molecule has 3 rings (SSSR count). The maximum atomic E-state index is 5.87. The van der Waals surface area contributed by atoms with Gasteiger partial charge in [0.1, 0.15) is 5.75 Å². The van der Waals surface area contributed by atoms with E-state index in [4.69, 9.17) is 16.3 Å². The van der Waals surface area contributed by atoms with Crippen LogP contribution in [0, 0.1) is 0 Å². The smallest absolute Gasteiger partial charge is 0.184 e. The Morgan fingerprint density at radius 2 is 2.00 bits per heavy atom. The van der Waals surface area contributed by atoms with Crippen LogP contribution in [0.4, 0.5) is 5.13 Å². The van der Waals surface area contributed by atoms with Gasteiger partial charge in [-0.05, 0) is 35.9 Å². The number of nitrogens with one attached hydrogen (secondary N) is 1. The van der Waals surface area contributed by atoms with Crippen molar-refractivity contribution in [1.29, 1.82) is 0 Å². The number of fused-ring (bicyclic) bond motifs is 1. The van der Waals surface area contributed by atoms with Gasteiger partial charge in [-0.25, -0.2) is 4.98 Å². The van der Waals surface area contributed by atoms with Gasteiger partial charge in [-0.15, -0.1) is 0 Å². The molecular weight excluding hydrogens is 292 g/mol. The highest BCUT2D eigenvalue weighted by Crippen LogP contribution is 2.29. The van der Waals surface area contributed by atoms with E-state index in [1.54, 1.807) is 18.4 Å². The van der Waals surface area contributed by atoms with Crippen molar-refractivity contribution >= 4 is 38.3 Å². The molecule has 0 fully saturated rings. The molecule has 20 heavy (non-hydrogen) atoms. The predicted molar refractivity (Wildman–Crippen MR) is 85.0 cm³/mol. The molecule has 1 heterocycles. The fourth-order valence-electron chi connectivity index (χ4n) is 1.89. The number of anilines is 1. The fraction of sp³-hybridized carbons (Fsp3) is 0.133. The molecule has 3 aromatic rings. The van der Waals surface area contributed by atoms with Gasteiger partial charge in [0, 0.05) is 11.6 Å². The molecule has 2 aromatic carbocycles. The summed E-state index contributed by atoms with van der Waals surface area (Å²) in [6.45, 7) is 0.730. The number of nitrogens with zero attached hydrogens (tertiary/aromatic N) is 1. The van der Waals surface area contributed by atoms with Crippen LogP contribution >= 0.6 is 22.9 Å². The van der Waals surface area contributed by atoms with Crippen molar-refractivity contribution in [1.82, 2.24) is 4.98 Å². The summed E-state index contributed by atoms with van der Waals surface area (Å²) in [4.78, 5) is 4.55. The van der Waals surface area contributed by atoms with Crippen molar-refractivity contribution in [2.75, 3.05) is 12.4 Å². The average molecular weight is 305 g/mol. The van der Waals surface area contributed by atoms with E-state index >= 15 is 0 Å². The summed E-state index contributed by atoms with van der Waals surface area (Å²) in [7, 11) is 1.67. The topological polar surface area (TPSA) is 34.1 Å². The maximum Gasteiger partial charge on any atom is 0.184 e. The SMILES string of the molecule is COc1ccc2nc(NCc3ccc(Cl)cc3)sc2c1. The first kappa shape index (κ1) is 13.2. The van der Waals surface area contributed by atoms with Crippen LogP contribution in [0.15, 0.2) is 42.5 Å². The molecular formula is C15H13ClN2OS. The number of benzene rings is 2. The zero-order valence-corrected chi connectivity index (χ0v) is 12.5. The standard InChI is InChI=1S/C15H13ClN2OS/c1-19-12-6-7-13-14(8-12)20-15(18-13)17-9-10-2-4-11(16)5-3-10/h2-8H,9H2,1H3,(H,17,18). The second kappa shape index (κ2) is 5.69. The maximum absolute atomic E-state index is 5.87. The summed E-state index contributed by atoms with van der Waals surface area (Å²) < 4.78 is 6.33. The van der Waals surface area contributed by atoms with E-state index in [9.17, 15) is 0 Å². The van der Waals surface area contributed by atoms with Crippen LogP contribution in [0.3, 0.4) is 0 Å². The second-order valence-corrected chi connectivity index (χ2v) is 5.80. The summed E-state index contributed by atoms with van der Waals surface area (Å²) in [5.74, 6) is 0.852. The van der Waals surface area contributed by atoms with Gasteiger partial charge in [-0.1, -0.05) is 35.1 Å². The summed E-state index contributed by atoms with van der Waals surface area (Å²) in [5, 5.41) is 4.99. The van der Waals surface area contributed by atoms with E-state index in [0.29, 0.717) is 0 Å². The minimum absolute atomic E-state index is 0.730. The number of ether oxygens (including phenoxy) is 1. The zero-order chi connectivity index (χ0) is 13.9. The van der Waals surface area contributed by atoms with Gasteiger partial charge in [-0.2, -0.15) is 0 Å². The number of methoxy groups -OCH3 is 1. The molecule has 0 bridgehead atoms. The molecule has 0 saturated heterocycles. The first-order valence-corrected chi connectivity index (χ1v) is 7.37. The molecule has 0 amide bonds. The summed E-state index contributed by atoms with van der Waals surface area (Å²) in [6, 6.07) is 13.7. The van der Waals surface area contributed by atoms with E-state index in [0.717, 1.165) is 32.7 Å². The number of rotatable bonds is 4. The largest absolute Gasteiger partial charge is 0.497 e. The molecule has 0 aliphatic heterocycles. The summed E-state index contributed by atoms with van der Waals surface area (Å²) in [5.41, 5.74) is 2.15. The lowest BCUT2D eigenvalue weighted by Crippen LogP contribution is -1.98. The lowest BCUT2D eigenvalue weighted by Gasteiger charge is -2.02. The van der Waals surface area contributed by atoms with E-state index in [1.807, 2.05) is 42.5 Å². The highest BCUT2D eigenvalue weighted by molar-refractivity contribution is 7.22. The van der Waals surface area contributed by atoms with Crippen molar-refractivity contribution in [3.63, 3.8) is 0 Å². The summed E-state index contributed by atoms with van der Waals surface area (Å²) >= 11 is 7.49. The van der Waals surface area contributed by atoms with Crippen LogP contribution in [0.25, 0.3) is 10.2 Å². The first-order chi connectivity index (χ1) is 9.74. The van der Waals surface area contributed by atoms with Crippen LogP contribution < -0.4 is 10.1 Å². The Balaban J connectivity index is 1.75. The normalized spacial score (nSPS) is 10.7. The van der Waals surface area contributed by atoms with E-state index in [2.05, 4.69) is 10.3 Å². The lowest BCUT2D eigenvalue weighted by molar-refractivity contribution is 0.415. The van der Waals surface area contributed by atoms with E-state index in [-0.39, 0.29) is 0 Å². The number of hydrogen-bond acceptors (Lipinski definition) is 4. The van der Waals surface area contributed by atoms with E-state index in [1.165, 1.54) is 5.56 Å². The monoisotopic (exact) mass is 304 g/mol. The third-order valence-electron chi connectivity index (χ3n) is 2.95. The first-order valence-electron chi connectivity index (χ1n) is 6.17. The molecule has 0 radical (unpaired) electrons. The minimum Gasteiger partial charge on any atom is -0.497 e. The van der Waals surface area contributed by atoms with Crippen molar-refractivity contribution in [3.05, 3.63) is 53.1 Å². The quantitative estimate of drug-likeness (QED) is 0.766. The van der Waals surface area contributed by atoms with Crippen molar-refractivity contribution in [2.45, 2.75) is 6.54 Å². The van der Waals surface area contributed by atoms with Gasteiger partial charge in [0.2, 0.25) is 0 Å². The van der Waals surface area contributed by atoms with Gasteiger partial charge >= 0.3 is 0 Å². The Kier molecular flexibility index (Phi) is 3.76. The van der Waals surface area contributed by atoms with Crippen LogP contribution in [-0.2, 0) is 6.54 Å². The predicted octanol–water partition coefficient (Wildman–Crippen LogP) is 4.57. The molecule has 1 N–H and O–H groups in total. The molecule has 102 valence electrons. The Labute approximate surface area is 126 Å². The second-order valence-electron chi connectivity index (χ2n) is 4.33. The molecule has 0 aliphatic carbocycles. The van der Waals surface area contributed by atoms with Crippen LogP contribution in [0.1, 0.15) is 5.56 Å². The van der Waals surface area contributed by atoms with Gasteiger partial charge in [0.05, 0.1) is 17.3 Å². The van der Waals surface area contributed by atoms with Gasteiger partial charge in [-0.3, -0.25) is 0 Å². The molecule has 0 aliphatic rings. The van der Waals surface area contributed by atoms with Gasteiger partial charge < -0.3 is 10.1 Å². The highest BCUT2D eigenvalue weighted by Gasteiger charge is 2.04. The fourth-order valence-corrected chi connectivity index (χ4v) is 2.90. The third kappa shape index (κ3) is 2.86. The van der Waals surface area contributed by atoms with Crippen molar-refractivity contribution in [3.8, 4) is 5.75 Å². The Morgan fingerprint density at radius 3 is 2.75 bits per heavy atom. The average Bonchev–Trinajstić information content (AvgIpc) is 2.88. The Hall–Kier alpha value is -1.78. The summed E-state index contributed by atoms with van der Waals surface area (Å²) in [6.07, 6.45) is 0. The molecule has 0 saturated carbocycles. The number of hydrogen-bond donors (Lipinski definition) is 1. The Morgan fingerprint density at radius 1 is 1.20 bits per heavy atom. The van der Waals surface area contributed by atoms with Gasteiger partial charge in [0.15, 0.2) is 5.13 Å². The minimum atomic E-state index is 0.730. The van der Waals surface area contributed by atoms with Crippen LogP contribution in [-0.4, -0.2) is 12.1 Å². The number of halogens is 1. The third-order valence-corrected chi connectivity index (χ3v) is 4.18. The highest BCUT2D eigenvalue weighted by atomic mass is 35.5. The number of aromatic nitrogens is 1. The molecule has 5 heteroatoms. The number of thiazole rings is 1. The molecule has 1 aromatic heterocycles. The van der Waals surface area contributed by atoms with Crippen LogP contribution in [0.2, 0.25) is 5.02 Å². The molecule has 0 atom stereocenters. The van der Waals surface area contributed by atoms with Crippen molar-refractivity contribution in [2.24, 2.45) is 0 Å². The van der Waals surface area contributed by atoms with E-state index < -0.39 is 0 Å².